The van der Waals surface area contributed by atoms with E-state index in [0.29, 0.717) is 6.54 Å². The van der Waals surface area contributed by atoms with Crippen LogP contribution in [0.2, 0.25) is 0 Å². The first-order valence-corrected chi connectivity index (χ1v) is 7.80. The Balaban J connectivity index is 1.82. The molecule has 2 unspecified atom stereocenters. The molecule has 0 aromatic carbocycles. The molecule has 2 atom stereocenters. The minimum atomic E-state index is -0.0639. The summed E-state index contributed by atoms with van der Waals surface area (Å²) in [5.74, 6) is 1.74. The molecular formula is C11H17N3O2S2. The Hall–Kier alpha value is -0.630. The summed E-state index contributed by atoms with van der Waals surface area (Å²) in [6.45, 7) is 2.44. The minimum absolute atomic E-state index is 0.00681. The van der Waals surface area contributed by atoms with E-state index in [9.17, 15) is 4.79 Å². The van der Waals surface area contributed by atoms with Gasteiger partial charge in [-0.1, -0.05) is 0 Å². The largest absolute Gasteiger partial charge is 0.375 e. The number of hydrogen-bond donors (Lipinski definition) is 2. The van der Waals surface area contributed by atoms with Gasteiger partial charge in [-0.3, -0.25) is 10.1 Å². The van der Waals surface area contributed by atoms with Crippen LogP contribution in [0.25, 0.3) is 0 Å². The highest BCUT2D eigenvalue weighted by Crippen LogP contribution is 2.20. The first-order chi connectivity index (χ1) is 8.70. The second kappa shape index (κ2) is 6.51. The number of thioether (sulfide) groups is 1. The Kier molecular flexibility index (Phi) is 4.99. The molecule has 0 spiro atoms. The van der Waals surface area contributed by atoms with Crippen LogP contribution in [0.15, 0.2) is 5.38 Å². The van der Waals surface area contributed by atoms with Crippen LogP contribution in [0.3, 0.4) is 0 Å². The lowest BCUT2D eigenvalue weighted by Crippen LogP contribution is -2.41. The lowest BCUT2D eigenvalue weighted by molar-refractivity contribution is -0.122. The summed E-state index contributed by atoms with van der Waals surface area (Å²) in [6, 6.07) is -0.0639. The van der Waals surface area contributed by atoms with Crippen molar-refractivity contribution in [3.8, 4) is 0 Å². The smallest absolute Gasteiger partial charge is 0.238 e. The standard InChI is InChI=1S/C11H17N3O2S2/c1-7(16-2)11-14-8(4-18-11)3-12-10(15)9-5-17-6-13-9/h4,7,9,13H,3,5-6H2,1-2H3,(H,12,15). The van der Waals surface area contributed by atoms with Crippen molar-refractivity contribution in [1.82, 2.24) is 15.6 Å². The van der Waals surface area contributed by atoms with Crippen molar-refractivity contribution < 1.29 is 9.53 Å². The van der Waals surface area contributed by atoms with Crippen molar-refractivity contribution in [2.24, 2.45) is 0 Å². The molecule has 1 aliphatic rings. The third-order valence-corrected chi connectivity index (χ3v) is 4.74. The molecule has 2 heterocycles. The van der Waals surface area contributed by atoms with Crippen LogP contribution < -0.4 is 10.6 Å². The molecule has 0 radical (unpaired) electrons. The van der Waals surface area contributed by atoms with Crippen molar-refractivity contribution in [3.05, 3.63) is 16.1 Å². The number of rotatable bonds is 5. The topological polar surface area (TPSA) is 63.2 Å². The molecule has 0 saturated carbocycles. The maximum Gasteiger partial charge on any atom is 0.238 e. The summed E-state index contributed by atoms with van der Waals surface area (Å²) < 4.78 is 5.20. The molecule has 1 saturated heterocycles. The number of methoxy groups -OCH3 is 1. The summed E-state index contributed by atoms with van der Waals surface area (Å²) >= 11 is 3.30. The van der Waals surface area contributed by atoms with E-state index in [0.717, 1.165) is 22.3 Å². The van der Waals surface area contributed by atoms with E-state index in [1.807, 2.05) is 12.3 Å². The highest BCUT2D eigenvalue weighted by atomic mass is 32.2. The maximum absolute atomic E-state index is 11.8. The van der Waals surface area contributed by atoms with Crippen LogP contribution in [0, 0.1) is 0 Å². The van der Waals surface area contributed by atoms with Crippen LogP contribution in [0.4, 0.5) is 0 Å². The molecule has 1 aromatic heterocycles. The average Bonchev–Trinajstić information content (AvgIpc) is 3.05. The van der Waals surface area contributed by atoms with Crippen LogP contribution in [-0.4, -0.2) is 35.7 Å². The number of ether oxygens (including phenoxy) is 1. The van der Waals surface area contributed by atoms with Gasteiger partial charge in [0.05, 0.1) is 18.3 Å². The second-order valence-electron chi connectivity index (χ2n) is 4.04. The number of nitrogens with one attached hydrogen (secondary N) is 2. The van der Waals surface area contributed by atoms with E-state index in [1.54, 1.807) is 30.2 Å². The molecular weight excluding hydrogens is 270 g/mol. The van der Waals surface area contributed by atoms with Gasteiger partial charge in [0.25, 0.3) is 0 Å². The molecule has 1 aliphatic heterocycles. The van der Waals surface area contributed by atoms with E-state index < -0.39 is 0 Å². The first-order valence-electron chi connectivity index (χ1n) is 5.76. The zero-order valence-corrected chi connectivity index (χ0v) is 12.1. The fourth-order valence-electron chi connectivity index (χ4n) is 1.56. The number of hydrogen-bond acceptors (Lipinski definition) is 6. The molecule has 2 N–H and O–H groups in total. The van der Waals surface area contributed by atoms with Crippen LogP contribution >= 0.6 is 23.1 Å². The predicted molar refractivity (Wildman–Crippen MR) is 73.6 cm³/mol. The summed E-state index contributed by atoms with van der Waals surface area (Å²) in [5.41, 5.74) is 0.887. The Morgan fingerprint density at radius 1 is 1.78 bits per heavy atom. The Morgan fingerprint density at radius 2 is 2.61 bits per heavy atom. The van der Waals surface area contributed by atoms with Gasteiger partial charge in [-0.2, -0.15) is 0 Å². The lowest BCUT2D eigenvalue weighted by Gasteiger charge is -2.09. The molecule has 7 heteroatoms. The molecule has 1 fully saturated rings. The van der Waals surface area contributed by atoms with Crippen molar-refractivity contribution in [2.75, 3.05) is 18.7 Å². The highest BCUT2D eigenvalue weighted by Gasteiger charge is 2.22. The number of carbonyl (C=O) groups is 1. The van der Waals surface area contributed by atoms with Crippen molar-refractivity contribution in [3.63, 3.8) is 0 Å². The molecule has 0 bridgehead atoms. The van der Waals surface area contributed by atoms with Gasteiger partial charge in [0.1, 0.15) is 11.1 Å². The molecule has 18 heavy (non-hydrogen) atoms. The van der Waals surface area contributed by atoms with Crippen LogP contribution in [0.5, 0.6) is 0 Å². The quantitative estimate of drug-likeness (QED) is 0.850. The second-order valence-corrected chi connectivity index (χ2v) is 5.96. The van der Waals surface area contributed by atoms with Gasteiger partial charge in [-0.25, -0.2) is 4.98 Å². The zero-order valence-electron chi connectivity index (χ0n) is 10.4. The van der Waals surface area contributed by atoms with Crippen molar-refractivity contribution in [2.45, 2.75) is 25.6 Å². The van der Waals surface area contributed by atoms with Gasteiger partial charge in [-0.15, -0.1) is 23.1 Å². The van der Waals surface area contributed by atoms with Gasteiger partial charge >= 0.3 is 0 Å². The molecule has 1 amide bonds. The zero-order chi connectivity index (χ0) is 13.0. The van der Waals surface area contributed by atoms with Gasteiger partial charge in [0.2, 0.25) is 5.91 Å². The third-order valence-electron chi connectivity index (χ3n) is 2.75. The number of carbonyl (C=O) groups excluding carboxylic acids is 1. The number of thiazole rings is 1. The van der Waals surface area contributed by atoms with Gasteiger partial charge in [-0.05, 0) is 6.92 Å². The number of aromatic nitrogens is 1. The van der Waals surface area contributed by atoms with Gasteiger partial charge < -0.3 is 10.1 Å². The van der Waals surface area contributed by atoms with E-state index in [4.69, 9.17) is 4.74 Å². The van der Waals surface area contributed by atoms with Crippen molar-refractivity contribution >= 4 is 29.0 Å². The van der Waals surface area contributed by atoms with Gasteiger partial charge in [0.15, 0.2) is 0 Å². The molecule has 0 aliphatic carbocycles. The number of nitrogens with zero attached hydrogens (tertiary/aromatic N) is 1. The predicted octanol–water partition coefficient (Wildman–Crippen LogP) is 1.13. The molecule has 2 rings (SSSR count). The molecule has 5 nitrogen and oxygen atoms in total. The summed E-state index contributed by atoms with van der Waals surface area (Å²) in [4.78, 5) is 16.2. The van der Waals surface area contributed by atoms with Crippen LogP contribution in [-0.2, 0) is 16.1 Å². The Labute approximate surface area is 115 Å². The maximum atomic E-state index is 11.8. The SMILES string of the molecule is COC(C)c1nc(CNC(=O)C2CSCN2)cs1. The fourth-order valence-corrected chi connectivity index (χ4v) is 3.35. The normalized spacial score (nSPS) is 20.9. The van der Waals surface area contributed by atoms with Gasteiger partial charge in [0, 0.05) is 24.1 Å². The molecule has 100 valence electrons. The van der Waals surface area contributed by atoms with Crippen LogP contribution in [0.1, 0.15) is 23.7 Å². The Morgan fingerprint density at radius 3 is 3.28 bits per heavy atom. The third kappa shape index (κ3) is 3.44. The summed E-state index contributed by atoms with van der Waals surface area (Å²) in [5, 5.41) is 8.94. The minimum Gasteiger partial charge on any atom is -0.375 e. The monoisotopic (exact) mass is 287 g/mol. The first kappa shape index (κ1) is 13.8. The molecule has 1 aromatic rings. The average molecular weight is 287 g/mol. The van der Waals surface area contributed by atoms with E-state index >= 15 is 0 Å². The van der Waals surface area contributed by atoms with Crippen molar-refractivity contribution in [1.29, 1.82) is 0 Å². The highest BCUT2D eigenvalue weighted by molar-refractivity contribution is 7.99. The number of amides is 1. The summed E-state index contributed by atoms with van der Waals surface area (Å²) in [6.07, 6.45) is 0.00681. The summed E-state index contributed by atoms with van der Waals surface area (Å²) in [7, 11) is 1.66. The lowest BCUT2D eigenvalue weighted by atomic mass is 10.3. The Bertz CT molecular complexity index is 405. The fraction of sp³-hybridized carbons (Fsp3) is 0.636. The van der Waals surface area contributed by atoms with E-state index in [2.05, 4.69) is 15.6 Å². The van der Waals surface area contributed by atoms with E-state index in [-0.39, 0.29) is 18.1 Å². The van der Waals surface area contributed by atoms with E-state index in [1.165, 1.54) is 0 Å².